The molecular formula is C23H23N5O2S. The number of thioether (sulfide) groups is 1. The molecule has 0 aliphatic heterocycles. The van der Waals surface area contributed by atoms with E-state index < -0.39 is 0 Å². The molecule has 4 rings (SSSR count). The van der Waals surface area contributed by atoms with Crippen molar-refractivity contribution in [2.24, 2.45) is 7.05 Å². The predicted octanol–water partition coefficient (Wildman–Crippen LogP) is 4.27. The van der Waals surface area contributed by atoms with Crippen molar-refractivity contribution in [3.05, 3.63) is 71.8 Å². The summed E-state index contributed by atoms with van der Waals surface area (Å²) >= 11 is 1.39. The van der Waals surface area contributed by atoms with Gasteiger partial charge in [-0.05, 0) is 56.3 Å². The molecule has 158 valence electrons. The monoisotopic (exact) mass is 433 g/mol. The van der Waals surface area contributed by atoms with E-state index in [0.717, 1.165) is 39.8 Å². The Morgan fingerprint density at radius 1 is 1.06 bits per heavy atom. The maximum Gasteiger partial charge on any atom is 0.191 e. The number of pyridine rings is 1. The molecule has 0 atom stereocenters. The Morgan fingerprint density at radius 2 is 1.77 bits per heavy atom. The summed E-state index contributed by atoms with van der Waals surface area (Å²) in [5, 5.41) is 9.22. The Labute approximate surface area is 185 Å². The predicted molar refractivity (Wildman–Crippen MR) is 121 cm³/mol. The molecule has 3 heterocycles. The fourth-order valence-corrected chi connectivity index (χ4v) is 4.37. The molecule has 0 aliphatic rings. The van der Waals surface area contributed by atoms with Crippen LogP contribution >= 0.6 is 11.8 Å². The van der Waals surface area contributed by atoms with E-state index in [4.69, 9.17) is 4.74 Å². The highest BCUT2D eigenvalue weighted by Gasteiger charge is 2.19. The molecule has 0 aliphatic carbocycles. The van der Waals surface area contributed by atoms with Gasteiger partial charge in [-0.1, -0.05) is 11.8 Å². The van der Waals surface area contributed by atoms with Crippen LogP contribution in [0.2, 0.25) is 0 Å². The van der Waals surface area contributed by atoms with Crippen molar-refractivity contribution in [2.45, 2.75) is 19.0 Å². The zero-order chi connectivity index (χ0) is 22.0. The van der Waals surface area contributed by atoms with E-state index in [1.807, 2.05) is 67.9 Å². The van der Waals surface area contributed by atoms with Crippen LogP contribution in [0.25, 0.3) is 17.1 Å². The number of benzene rings is 1. The first-order valence-electron chi connectivity index (χ1n) is 9.78. The second kappa shape index (κ2) is 8.77. The van der Waals surface area contributed by atoms with Crippen molar-refractivity contribution < 1.29 is 9.53 Å². The van der Waals surface area contributed by atoms with Gasteiger partial charge in [0.1, 0.15) is 5.75 Å². The van der Waals surface area contributed by atoms with Gasteiger partial charge in [0.05, 0.1) is 12.9 Å². The Bertz CT molecular complexity index is 1210. The molecule has 0 saturated carbocycles. The summed E-state index contributed by atoms with van der Waals surface area (Å²) in [6.45, 7) is 3.98. The van der Waals surface area contributed by atoms with Gasteiger partial charge in [-0.2, -0.15) is 0 Å². The Morgan fingerprint density at radius 3 is 2.45 bits per heavy atom. The molecule has 1 aromatic carbocycles. The lowest BCUT2D eigenvalue weighted by atomic mass is 10.2. The summed E-state index contributed by atoms with van der Waals surface area (Å²) in [5.74, 6) is 1.89. The lowest BCUT2D eigenvalue weighted by Gasteiger charge is -2.10. The summed E-state index contributed by atoms with van der Waals surface area (Å²) in [7, 11) is 3.55. The molecule has 0 fully saturated rings. The largest absolute Gasteiger partial charge is 0.497 e. The SMILES string of the molecule is COc1ccc(-n2c(C)cc(C(=O)CSc3nnc(-c4ccncc4)n3C)c2C)cc1. The number of methoxy groups -OCH3 is 1. The molecule has 3 aromatic heterocycles. The highest BCUT2D eigenvalue weighted by atomic mass is 32.2. The van der Waals surface area contributed by atoms with E-state index >= 15 is 0 Å². The smallest absolute Gasteiger partial charge is 0.191 e. The molecule has 31 heavy (non-hydrogen) atoms. The molecule has 0 bridgehead atoms. The lowest BCUT2D eigenvalue weighted by molar-refractivity contribution is 0.102. The number of hydrogen-bond acceptors (Lipinski definition) is 6. The first-order valence-corrected chi connectivity index (χ1v) is 10.8. The van der Waals surface area contributed by atoms with E-state index in [2.05, 4.69) is 19.7 Å². The normalized spacial score (nSPS) is 11.0. The van der Waals surface area contributed by atoms with Crippen molar-refractivity contribution in [2.75, 3.05) is 12.9 Å². The standard InChI is InChI=1S/C23H23N5O2S/c1-15-13-20(16(2)28(15)18-5-7-19(30-4)8-6-18)21(29)14-31-23-26-25-22(27(23)3)17-9-11-24-12-10-17/h5-13H,14H2,1-4H3. The Balaban J connectivity index is 1.52. The van der Waals surface area contributed by atoms with E-state index in [0.29, 0.717) is 5.16 Å². The van der Waals surface area contributed by atoms with Crippen molar-refractivity contribution in [3.63, 3.8) is 0 Å². The van der Waals surface area contributed by atoms with Crippen LogP contribution in [0.15, 0.2) is 60.0 Å². The fourth-order valence-electron chi connectivity index (χ4n) is 3.57. The number of ketones is 1. The van der Waals surface area contributed by atoms with Crippen molar-refractivity contribution in [1.29, 1.82) is 0 Å². The molecule has 8 heteroatoms. The van der Waals surface area contributed by atoms with Crippen LogP contribution in [0.5, 0.6) is 5.75 Å². The molecule has 0 spiro atoms. The minimum Gasteiger partial charge on any atom is -0.497 e. The van der Waals surface area contributed by atoms with Crippen molar-refractivity contribution in [3.8, 4) is 22.8 Å². The van der Waals surface area contributed by atoms with Crippen LogP contribution in [-0.4, -0.2) is 43.0 Å². The highest BCUT2D eigenvalue weighted by Crippen LogP contribution is 2.26. The summed E-state index contributed by atoms with van der Waals surface area (Å²) in [5.41, 5.74) is 4.58. The molecule has 0 N–H and O–H groups in total. The summed E-state index contributed by atoms with van der Waals surface area (Å²) in [4.78, 5) is 17.0. The molecule has 0 unspecified atom stereocenters. The Hall–Kier alpha value is -3.39. The lowest BCUT2D eigenvalue weighted by Crippen LogP contribution is -2.06. The number of aromatic nitrogens is 5. The second-order valence-corrected chi connectivity index (χ2v) is 8.07. The van der Waals surface area contributed by atoms with Gasteiger partial charge in [0.2, 0.25) is 0 Å². The molecule has 7 nitrogen and oxygen atoms in total. The van der Waals surface area contributed by atoms with Gasteiger partial charge in [-0.15, -0.1) is 10.2 Å². The number of carbonyl (C=O) groups is 1. The number of Topliss-reactive ketones (excluding diaryl/α,β-unsaturated/α-hetero) is 1. The zero-order valence-electron chi connectivity index (χ0n) is 17.9. The molecule has 0 amide bonds. The maximum atomic E-state index is 13.0. The Kier molecular flexibility index (Phi) is 5.90. The third kappa shape index (κ3) is 4.11. The van der Waals surface area contributed by atoms with Crippen molar-refractivity contribution >= 4 is 17.5 Å². The van der Waals surface area contributed by atoms with Gasteiger partial charge in [0.15, 0.2) is 16.8 Å². The second-order valence-electron chi connectivity index (χ2n) is 7.13. The number of nitrogens with zero attached hydrogens (tertiary/aromatic N) is 5. The van der Waals surface area contributed by atoms with Crippen molar-refractivity contribution in [1.82, 2.24) is 24.3 Å². The minimum atomic E-state index is 0.0614. The zero-order valence-corrected chi connectivity index (χ0v) is 18.7. The van der Waals surface area contributed by atoms with Gasteiger partial charge < -0.3 is 13.9 Å². The first-order chi connectivity index (χ1) is 15.0. The van der Waals surface area contributed by atoms with Crippen LogP contribution < -0.4 is 4.74 Å². The number of ether oxygens (including phenoxy) is 1. The molecule has 0 radical (unpaired) electrons. The quantitative estimate of drug-likeness (QED) is 0.320. The van der Waals surface area contributed by atoms with Gasteiger partial charge >= 0.3 is 0 Å². The van der Waals surface area contributed by atoms with Gasteiger partial charge in [-0.25, -0.2) is 0 Å². The van der Waals surface area contributed by atoms with Crippen LogP contribution in [0.3, 0.4) is 0 Å². The highest BCUT2D eigenvalue weighted by molar-refractivity contribution is 7.99. The van der Waals surface area contributed by atoms with Crippen LogP contribution in [-0.2, 0) is 7.05 Å². The van der Waals surface area contributed by atoms with Gasteiger partial charge in [0, 0.05) is 47.6 Å². The number of hydrogen-bond donors (Lipinski definition) is 0. The minimum absolute atomic E-state index is 0.0614. The summed E-state index contributed by atoms with van der Waals surface area (Å²) < 4.78 is 9.22. The van der Waals surface area contributed by atoms with Gasteiger partial charge in [0.25, 0.3) is 0 Å². The number of rotatable bonds is 7. The number of carbonyl (C=O) groups excluding carboxylic acids is 1. The fraction of sp³-hybridized carbons (Fsp3) is 0.217. The van der Waals surface area contributed by atoms with Gasteiger partial charge in [-0.3, -0.25) is 9.78 Å². The average Bonchev–Trinajstić information content (AvgIpc) is 3.31. The average molecular weight is 434 g/mol. The van der Waals surface area contributed by atoms with E-state index in [1.54, 1.807) is 19.5 Å². The molecular weight excluding hydrogens is 410 g/mol. The van der Waals surface area contributed by atoms with Crippen LogP contribution in [0, 0.1) is 13.8 Å². The summed E-state index contributed by atoms with van der Waals surface area (Å²) in [6, 6.07) is 13.5. The van der Waals surface area contributed by atoms with Crippen LogP contribution in [0.4, 0.5) is 0 Å². The van der Waals surface area contributed by atoms with Crippen LogP contribution in [0.1, 0.15) is 21.7 Å². The number of aryl methyl sites for hydroxylation is 1. The maximum absolute atomic E-state index is 13.0. The first kappa shape index (κ1) is 20.9. The molecule has 0 saturated heterocycles. The molecule has 4 aromatic rings. The summed E-state index contributed by atoms with van der Waals surface area (Å²) in [6.07, 6.45) is 3.44. The van der Waals surface area contributed by atoms with E-state index in [1.165, 1.54) is 11.8 Å². The van der Waals surface area contributed by atoms with E-state index in [-0.39, 0.29) is 11.5 Å². The topological polar surface area (TPSA) is 74.8 Å². The van der Waals surface area contributed by atoms with E-state index in [9.17, 15) is 4.79 Å². The third-order valence-corrected chi connectivity index (χ3v) is 6.19. The third-order valence-electron chi connectivity index (χ3n) is 5.17.